The lowest BCUT2D eigenvalue weighted by atomic mass is 10.0. The first-order valence-electron chi connectivity index (χ1n) is 6.68. The van der Waals surface area contributed by atoms with Gasteiger partial charge in [0.15, 0.2) is 0 Å². The predicted octanol–water partition coefficient (Wildman–Crippen LogP) is 2.66. The van der Waals surface area contributed by atoms with Gasteiger partial charge in [-0.05, 0) is 53.7 Å². The van der Waals surface area contributed by atoms with Crippen molar-refractivity contribution < 1.29 is 8.42 Å². The number of piperidine rings is 1. The molecule has 1 aromatic rings. The summed E-state index contributed by atoms with van der Waals surface area (Å²) in [4.78, 5) is 0.138. The molecule has 2 aliphatic heterocycles. The van der Waals surface area contributed by atoms with Crippen LogP contribution in [0.25, 0.3) is 0 Å². The van der Waals surface area contributed by atoms with E-state index < -0.39 is 10.0 Å². The zero-order valence-corrected chi connectivity index (χ0v) is 13.9. The zero-order valence-electron chi connectivity index (χ0n) is 10.8. The molecule has 2 heterocycles. The number of benzene rings is 1. The summed E-state index contributed by atoms with van der Waals surface area (Å²) >= 11 is 9.35. The summed E-state index contributed by atoms with van der Waals surface area (Å²) in [6, 6.07) is 5.82. The van der Waals surface area contributed by atoms with Gasteiger partial charge in [0.05, 0.1) is 5.02 Å². The average Bonchev–Trinajstić information content (AvgIpc) is 2.71. The van der Waals surface area contributed by atoms with E-state index in [-0.39, 0.29) is 16.0 Å². The molecule has 2 atom stereocenters. The Bertz CT molecular complexity index is 611. The van der Waals surface area contributed by atoms with Crippen LogP contribution in [-0.2, 0) is 10.0 Å². The molecule has 110 valence electrons. The molecule has 2 fully saturated rings. The second-order valence-electron chi connectivity index (χ2n) is 5.48. The van der Waals surface area contributed by atoms with Gasteiger partial charge in [0.25, 0.3) is 0 Å². The highest BCUT2D eigenvalue weighted by Crippen LogP contribution is 2.31. The van der Waals surface area contributed by atoms with Crippen molar-refractivity contribution in [2.75, 3.05) is 0 Å². The van der Waals surface area contributed by atoms with Crippen LogP contribution in [0, 0.1) is 0 Å². The number of halogens is 2. The van der Waals surface area contributed by atoms with Crippen LogP contribution in [0.3, 0.4) is 0 Å². The maximum Gasteiger partial charge on any atom is 0.242 e. The molecule has 2 unspecified atom stereocenters. The van der Waals surface area contributed by atoms with Crippen molar-refractivity contribution in [3.05, 3.63) is 27.7 Å². The third-order valence-electron chi connectivity index (χ3n) is 4.00. The Morgan fingerprint density at radius 2 is 1.90 bits per heavy atom. The molecule has 0 saturated carbocycles. The second kappa shape index (κ2) is 5.57. The van der Waals surface area contributed by atoms with Crippen molar-refractivity contribution >= 4 is 37.6 Å². The predicted molar refractivity (Wildman–Crippen MR) is 82.4 cm³/mol. The molecule has 0 spiro atoms. The number of hydrogen-bond donors (Lipinski definition) is 2. The lowest BCUT2D eigenvalue weighted by Gasteiger charge is -2.29. The summed E-state index contributed by atoms with van der Waals surface area (Å²) in [5, 5.41) is 3.73. The Balaban J connectivity index is 1.80. The van der Waals surface area contributed by atoms with Crippen LogP contribution in [0.1, 0.15) is 25.7 Å². The molecule has 2 bridgehead atoms. The van der Waals surface area contributed by atoms with E-state index in [1.165, 1.54) is 6.07 Å². The van der Waals surface area contributed by atoms with Crippen LogP contribution in [-0.4, -0.2) is 26.5 Å². The van der Waals surface area contributed by atoms with Crippen molar-refractivity contribution in [2.24, 2.45) is 0 Å². The number of rotatable bonds is 3. The maximum absolute atomic E-state index is 12.5. The highest BCUT2D eigenvalue weighted by Gasteiger charge is 2.35. The summed E-state index contributed by atoms with van der Waals surface area (Å²) in [6.45, 7) is 0. The summed E-state index contributed by atoms with van der Waals surface area (Å²) in [7, 11) is -3.57. The lowest BCUT2D eigenvalue weighted by Crippen LogP contribution is -2.47. The van der Waals surface area contributed by atoms with E-state index in [2.05, 4.69) is 26.0 Å². The highest BCUT2D eigenvalue weighted by atomic mass is 79.9. The molecule has 20 heavy (non-hydrogen) atoms. The maximum atomic E-state index is 12.5. The fraction of sp³-hybridized carbons (Fsp3) is 0.538. The first-order valence-corrected chi connectivity index (χ1v) is 9.33. The molecule has 1 aromatic carbocycles. The minimum absolute atomic E-state index is 0.00574. The van der Waals surface area contributed by atoms with E-state index in [4.69, 9.17) is 11.6 Å². The second-order valence-corrected chi connectivity index (χ2v) is 8.39. The van der Waals surface area contributed by atoms with E-state index in [0.29, 0.717) is 16.6 Å². The summed E-state index contributed by atoms with van der Waals surface area (Å²) < 4.78 is 28.3. The van der Waals surface area contributed by atoms with Crippen LogP contribution >= 0.6 is 27.5 Å². The van der Waals surface area contributed by atoms with Crippen molar-refractivity contribution in [2.45, 2.75) is 48.7 Å². The van der Waals surface area contributed by atoms with Gasteiger partial charge < -0.3 is 5.32 Å². The molecule has 0 radical (unpaired) electrons. The minimum atomic E-state index is -3.57. The number of fused-ring (bicyclic) bond motifs is 2. The molecule has 0 aromatic heterocycles. The number of hydrogen-bond acceptors (Lipinski definition) is 3. The highest BCUT2D eigenvalue weighted by molar-refractivity contribution is 9.10. The monoisotopic (exact) mass is 378 g/mol. The Hall–Kier alpha value is -0.140. The third-order valence-corrected chi connectivity index (χ3v) is 6.97. The normalized spacial score (nSPS) is 29.6. The molecule has 2 saturated heterocycles. The Morgan fingerprint density at radius 1 is 1.25 bits per heavy atom. The summed E-state index contributed by atoms with van der Waals surface area (Å²) in [5.74, 6) is 0. The van der Waals surface area contributed by atoms with E-state index in [1.807, 2.05) is 0 Å². The van der Waals surface area contributed by atoms with Gasteiger partial charge in [-0.2, -0.15) is 0 Å². The van der Waals surface area contributed by atoms with Gasteiger partial charge in [0.1, 0.15) is 4.90 Å². The Morgan fingerprint density at radius 3 is 2.55 bits per heavy atom. The summed E-state index contributed by atoms with van der Waals surface area (Å²) in [6.07, 6.45) is 3.98. The molecule has 0 amide bonds. The molecular weight excluding hydrogens is 364 g/mol. The molecule has 0 aliphatic carbocycles. The largest absolute Gasteiger partial charge is 0.311 e. The average molecular weight is 380 g/mol. The molecule has 2 aliphatic rings. The molecular formula is C13H16BrClN2O2S. The van der Waals surface area contributed by atoms with Gasteiger partial charge in [-0.25, -0.2) is 13.1 Å². The SMILES string of the molecule is O=S(=O)(NC1CC2CCC(C1)N2)c1cccc(Br)c1Cl. The van der Waals surface area contributed by atoms with Crippen LogP contribution in [0.15, 0.2) is 27.6 Å². The Kier molecular flexibility index (Phi) is 4.12. The topological polar surface area (TPSA) is 58.2 Å². The quantitative estimate of drug-likeness (QED) is 0.849. The number of sulfonamides is 1. The van der Waals surface area contributed by atoms with E-state index in [9.17, 15) is 8.42 Å². The van der Waals surface area contributed by atoms with Crippen molar-refractivity contribution in [3.63, 3.8) is 0 Å². The third kappa shape index (κ3) is 2.90. The fourth-order valence-electron chi connectivity index (χ4n) is 3.13. The molecule has 3 rings (SSSR count). The van der Waals surface area contributed by atoms with E-state index in [1.54, 1.807) is 12.1 Å². The van der Waals surface area contributed by atoms with Crippen molar-refractivity contribution in [3.8, 4) is 0 Å². The fourth-order valence-corrected chi connectivity index (χ4v) is 5.42. The van der Waals surface area contributed by atoms with Crippen LogP contribution < -0.4 is 10.0 Å². The first kappa shape index (κ1) is 14.8. The van der Waals surface area contributed by atoms with Crippen LogP contribution in [0.2, 0.25) is 5.02 Å². The smallest absolute Gasteiger partial charge is 0.242 e. The van der Waals surface area contributed by atoms with E-state index >= 15 is 0 Å². The van der Waals surface area contributed by atoms with Gasteiger partial charge in [-0.3, -0.25) is 0 Å². The first-order chi connectivity index (χ1) is 9.45. The van der Waals surface area contributed by atoms with Gasteiger partial charge >= 0.3 is 0 Å². The molecule has 7 heteroatoms. The van der Waals surface area contributed by atoms with Crippen LogP contribution in [0.4, 0.5) is 0 Å². The zero-order chi connectivity index (χ0) is 14.3. The van der Waals surface area contributed by atoms with Crippen molar-refractivity contribution in [1.82, 2.24) is 10.0 Å². The van der Waals surface area contributed by atoms with Crippen molar-refractivity contribution in [1.29, 1.82) is 0 Å². The van der Waals surface area contributed by atoms with Crippen LogP contribution in [0.5, 0.6) is 0 Å². The Labute approximate surface area is 132 Å². The molecule has 4 nitrogen and oxygen atoms in total. The molecule has 2 N–H and O–H groups in total. The standard InChI is InChI=1S/C13H16BrClN2O2S/c14-11-2-1-3-12(13(11)15)20(18,19)17-10-6-8-4-5-9(7-10)16-8/h1-3,8-10,16-17H,4-7H2. The lowest BCUT2D eigenvalue weighted by molar-refractivity contribution is 0.345. The van der Waals surface area contributed by atoms with Gasteiger partial charge in [-0.1, -0.05) is 17.7 Å². The summed E-state index contributed by atoms with van der Waals surface area (Å²) in [5.41, 5.74) is 0. The van der Waals surface area contributed by atoms with Gasteiger partial charge in [0.2, 0.25) is 10.0 Å². The van der Waals surface area contributed by atoms with E-state index in [0.717, 1.165) is 25.7 Å². The minimum Gasteiger partial charge on any atom is -0.311 e. The number of nitrogens with one attached hydrogen (secondary N) is 2. The van der Waals surface area contributed by atoms with Gasteiger partial charge in [-0.15, -0.1) is 0 Å². The van der Waals surface area contributed by atoms with Gasteiger partial charge in [0, 0.05) is 22.6 Å².